The standard InChI is InChI=1S/C21H24N2O5/c1-15(24)23(11-9-16-3-6-18(26-2)7-4-16)12-10-21(25)22-17-5-8-19-20(13-17)28-14-27-19/h3-8,13H,9-12,14H2,1-2H3,(H,22,25). The molecule has 0 saturated heterocycles. The van der Waals surface area contributed by atoms with E-state index in [-0.39, 0.29) is 25.0 Å². The predicted octanol–water partition coefficient (Wildman–Crippen LogP) is 2.84. The van der Waals surface area contributed by atoms with Crippen molar-refractivity contribution in [3.05, 3.63) is 48.0 Å². The van der Waals surface area contributed by atoms with Crippen molar-refractivity contribution in [3.8, 4) is 17.2 Å². The molecule has 1 N–H and O–H groups in total. The molecule has 7 heteroatoms. The number of methoxy groups -OCH3 is 1. The van der Waals surface area contributed by atoms with Crippen LogP contribution >= 0.6 is 0 Å². The van der Waals surface area contributed by atoms with E-state index in [1.807, 2.05) is 24.3 Å². The molecule has 0 fully saturated rings. The van der Waals surface area contributed by atoms with Gasteiger partial charge in [0.1, 0.15) is 5.75 Å². The number of nitrogens with zero attached hydrogens (tertiary/aromatic N) is 1. The molecule has 1 aliphatic rings. The highest BCUT2D eigenvalue weighted by Gasteiger charge is 2.15. The number of hydrogen-bond acceptors (Lipinski definition) is 5. The number of carbonyl (C=O) groups excluding carboxylic acids is 2. The Hall–Kier alpha value is -3.22. The highest BCUT2D eigenvalue weighted by atomic mass is 16.7. The molecule has 3 rings (SSSR count). The zero-order chi connectivity index (χ0) is 19.9. The molecular weight excluding hydrogens is 360 g/mol. The summed E-state index contributed by atoms with van der Waals surface area (Å²) >= 11 is 0. The highest BCUT2D eigenvalue weighted by Crippen LogP contribution is 2.34. The Labute approximate surface area is 164 Å². The average molecular weight is 384 g/mol. The van der Waals surface area contributed by atoms with Gasteiger partial charge in [-0.3, -0.25) is 9.59 Å². The lowest BCUT2D eigenvalue weighted by atomic mass is 10.1. The van der Waals surface area contributed by atoms with Gasteiger partial charge in [0.25, 0.3) is 0 Å². The minimum Gasteiger partial charge on any atom is -0.497 e. The molecule has 2 amide bonds. The highest BCUT2D eigenvalue weighted by molar-refractivity contribution is 5.91. The van der Waals surface area contributed by atoms with Gasteiger partial charge < -0.3 is 24.4 Å². The summed E-state index contributed by atoms with van der Waals surface area (Å²) in [5.41, 5.74) is 1.75. The van der Waals surface area contributed by atoms with Gasteiger partial charge in [0.15, 0.2) is 11.5 Å². The first kappa shape index (κ1) is 19.5. The fraction of sp³-hybridized carbons (Fsp3) is 0.333. The summed E-state index contributed by atoms with van der Waals surface area (Å²) < 4.78 is 15.7. The second-order valence-electron chi connectivity index (χ2n) is 6.47. The first-order valence-electron chi connectivity index (χ1n) is 9.13. The number of rotatable bonds is 8. The summed E-state index contributed by atoms with van der Waals surface area (Å²) in [6, 6.07) is 13.0. The summed E-state index contributed by atoms with van der Waals surface area (Å²) in [4.78, 5) is 25.8. The number of amides is 2. The van der Waals surface area contributed by atoms with Gasteiger partial charge in [0.2, 0.25) is 18.6 Å². The maximum atomic E-state index is 12.2. The Morgan fingerprint density at radius 3 is 2.54 bits per heavy atom. The van der Waals surface area contributed by atoms with E-state index >= 15 is 0 Å². The zero-order valence-electron chi connectivity index (χ0n) is 16.1. The molecule has 28 heavy (non-hydrogen) atoms. The first-order chi connectivity index (χ1) is 13.5. The fourth-order valence-corrected chi connectivity index (χ4v) is 2.92. The van der Waals surface area contributed by atoms with Gasteiger partial charge in [0, 0.05) is 38.2 Å². The average Bonchev–Trinajstić information content (AvgIpc) is 3.16. The lowest BCUT2D eigenvalue weighted by molar-refractivity contribution is -0.129. The van der Waals surface area contributed by atoms with Crippen LogP contribution in [0.3, 0.4) is 0 Å². The second kappa shape index (κ2) is 9.12. The van der Waals surface area contributed by atoms with Gasteiger partial charge in [0.05, 0.1) is 7.11 Å². The van der Waals surface area contributed by atoms with Gasteiger partial charge in [-0.25, -0.2) is 0 Å². The largest absolute Gasteiger partial charge is 0.497 e. The van der Waals surface area contributed by atoms with E-state index in [0.29, 0.717) is 36.7 Å². The summed E-state index contributed by atoms with van der Waals surface area (Å²) in [6.07, 6.45) is 0.935. The van der Waals surface area contributed by atoms with Gasteiger partial charge in [-0.2, -0.15) is 0 Å². The molecule has 0 aliphatic carbocycles. The van der Waals surface area contributed by atoms with Crippen molar-refractivity contribution in [2.45, 2.75) is 19.8 Å². The Kier molecular flexibility index (Phi) is 6.37. The van der Waals surface area contributed by atoms with Crippen molar-refractivity contribution in [3.63, 3.8) is 0 Å². The van der Waals surface area contributed by atoms with Gasteiger partial charge in [-0.1, -0.05) is 12.1 Å². The quantitative estimate of drug-likeness (QED) is 0.757. The number of benzene rings is 2. The lowest BCUT2D eigenvalue weighted by Gasteiger charge is -2.21. The minimum atomic E-state index is -0.158. The van der Waals surface area contributed by atoms with E-state index in [9.17, 15) is 9.59 Å². The Morgan fingerprint density at radius 1 is 1.07 bits per heavy atom. The number of anilines is 1. The van der Waals surface area contributed by atoms with Crippen LogP contribution in [0, 0.1) is 0 Å². The van der Waals surface area contributed by atoms with Crippen LogP contribution in [0.2, 0.25) is 0 Å². The fourth-order valence-electron chi connectivity index (χ4n) is 2.92. The number of carbonyl (C=O) groups is 2. The molecule has 148 valence electrons. The molecule has 0 radical (unpaired) electrons. The predicted molar refractivity (Wildman–Crippen MR) is 105 cm³/mol. The number of ether oxygens (including phenoxy) is 3. The van der Waals surface area contributed by atoms with Crippen molar-refractivity contribution >= 4 is 17.5 Å². The third kappa shape index (κ3) is 5.16. The first-order valence-corrected chi connectivity index (χ1v) is 9.13. The van der Waals surface area contributed by atoms with Crippen LogP contribution in [0.1, 0.15) is 18.9 Å². The molecule has 2 aromatic carbocycles. The molecule has 7 nitrogen and oxygen atoms in total. The number of hydrogen-bond donors (Lipinski definition) is 1. The Morgan fingerprint density at radius 2 is 1.82 bits per heavy atom. The molecule has 0 atom stereocenters. The van der Waals surface area contributed by atoms with Crippen LogP contribution in [0.15, 0.2) is 42.5 Å². The van der Waals surface area contributed by atoms with E-state index in [0.717, 1.165) is 11.3 Å². The van der Waals surface area contributed by atoms with E-state index in [2.05, 4.69) is 5.32 Å². The van der Waals surface area contributed by atoms with Crippen LogP contribution in [0.25, 0.3) is 0 Å². The molecule has 0 bridgehead atoms. The summed E-state index contributed by atoms with van der Waals surface area (Å²) in [7, 11) is 1.63. The zero-order valence-corrected chi connectivity index (χ0v) is 16.1. The van der Waals surface area contributed by atoms with Crippen LogP contribution in [0.5, 0.6) is 17.2 Å². The van der Waals surface area contributed by atoms with Crippen molar-refractivity contribution in [1.29, 1.82) is 0 Å². The third-order valence-corrected chi connectivity index (χ3v) is 4.54. The van der Waals surface area contributed by atoms with Crippen molar-refractivity contribution < 1.29 is 23.8 Å². The maximum absolute atomic E-state index is 12.2. The van der Waals surface area contributed by atoms with Crippen LogP contribution < -0.4 is 19.5 Å². The van der Waals surface area contributed by atoms with Gasteiger partial charge in [-0.15, -0.1) is 0 Å². The van der Waals surface area contributed by atoms with Crippen molar-refractivity contribution in [2.24, 2.45) is 0 Å². The van der Waals surface area contributed by atoms with Crippen LogP contribution in [-0.2, 0) is 16.0 Å². The Balaban J connectivity index is 1.48. The maximum Gasteiger partial charge on any atom is 0.231 e. The van der Waals surface area contributed by atoms with E-state index in [1.54, 1.807) is 30.2 Å². The molecule has 0 aromatic heterocycles. The van der Waals surface area contributed by atoms with Crippen molar-refractivity contribution in [1.82, 2.24) is 4.90 Å². The monoisotopic (exact) mass is 384 g/mol. The summed E-state index contributed by atoms with van der Waals surface area (Å²) in [5, 5.41) is 2.83. The topological polar surface area (TPSA) is 77.1 Å². The van der Waals surface area contributed by atoms with E-state index in [1.165, 1.54) is 6.92 Å². The van der Waals surface area contributed by atoms with Gasteiger partial charge in [-0.05, 0) is 36.2 Å². The third-order valence-electron chi connectivity index (χ3n) is 4.54. The minimum absolute atomic E-state index is 0.0515. The lowest BCUT2D eigenvalue weighted by Crippen LogP contribution is -2.33. The molecule has 1 aliphatic heterocycles. The molecule has 0 spiro atoms. The summed E-state index contributed by atoms with van der Waals surface area (Å²) in [6.45, 7) is 2.62. The van der Waals surface area contributed by atoms with E-state index in [4.69, 9.17) is 14.2 Å². The van der Waals surface area contributed by atoms with Gasteiger partial charge >= 0.3 is 0 Å². The normalized spacial score (nSPS) is 11.8. The number of nitrogens with one attached hydrogen (secondary N) is 1. The summed E-state index contributed by atoms with van der Waals surface area (Å²) in [5.74, 6) is 1.87. The van der Waals surface area contributed by atoms with E-state index < -0.39 is 0 Å². The molecule has 1 heterocycles. The SMILES string of the molecule is COc1ccc(CCN(CCC(=O)Nc2ccc3c(c2)OCO3)C(C)=O)cc1. The Bertz CT molecular complexity index is 835. The smallest absolute Gasteiger partial charge is 0.231 e. The second-order valence-corrected chi connectivity index (χ2v) is 6.47. The molecule has 0 saturated carbocycles. The number of fused-ring (bicyclic) bond motifs is 1. The molecule has 0 unspecified atom stereocenters. The molecular formula is C21H24N2O5. The van der Waals surface area contributed by atoms with Crippen LogP contribution in [-0.4, -0.2) is 43.7 Å². The molecule has 2 aromatic rings. The van der Waals surface area contributed by atoms with Crippen molar-refractivity contribution in [2.75, 3.05) is 32.3 Å². The van der Waals surface area contributed by atoms with Crippen LogP contribution in [0.4, 0.5) is 5.69 Å².